The Balaban J connectivity index is 1.74. The maximum absolute atomic E-state index is 14.5. The molecule has 6 nitrogen and oxygen atoms in total. The maximum atomic E-state index is 14.5. The molecule has 0 radical (unpaired) electrons. The van der Waals surface area contributed by atoms with E-state index < -0.39 is 5.82 Å². The summed E-state index contributed by atoms with van der Waals surface area (Å²) < 4.78 is 21.5. The van der Waals surface area contributed by atoms with E-state index in [1.165, 1.54) is 6.07 Å². The summed E-state index contributed by atoms with van der Waals surface area (Å²) >= 11 is 0. The van der Waals surface area contributed by atoms with Gasteiger partial charge in [0.15, 0.2) is 0 Å². The molecule has 1 N–H and O–H groups in total. The molecular weight excluding hydrogens is 323 g/mol. The van der Waals surface area contributed by atoms with E-state index >= 15 is 0 Å². The zero-order valence-electron chi connectivity index (χ0n) is 14.5. The van der Waals surface area contributed by atoms with Crippen LogP contribution in [-0.4, -0.2) is 42.0 Å². The second kappa shape index (κ2) is 7.65. The molecule has 134 valence electrons. The Bertz CT molecular complexity index is 740. The van der Waals surface area contributed by atoms with Crippen LogP contribution >= 0.6 is 0 Å². The number of hydrogen-bond donors (Lipinski definition) is 1. The van der Waals surface area contributed by atoms with Gasteiger partial charge in [0.1, 0.15) is 11.6 Å². The summed E-state index contributed by atoms with van der Waals surface area (Å²) in [6.45, 7) is 6.55. The predicted octanol–water partition coefficient (Wildman–Crippen LogP) is 3.08. The van der Waals surface area contributed by atoms with Gasteiger partial charge in [0.05, 0.1) is 31.1 Å². The van der Waals surface area contributed by atoms with Gasteiger partial charge in [-0.2, -0.15) is 5.10 Å². The molecule has 0 aliphatic carbocycles. The average Bonchev–Trinajstić information content (AvgIpc) is 3.09. The number of nitrogens with one attached hydrogen (secondary N) is 1. The summed E-state index contributed by atoms with van der Waals surface area (Å²) in [5.74, 6) is -0.139. The standard InChI is InChI=1S/C18H23FN4O2/c1-3-13(2)23-17(6-7-20-23)21-18(24)14-4-5-16(15(19)12-14)22-8-10-25-11-9-22/h4-7,12-13H,3,8-11H2,1-2H3,(H,21,24)/t13-/m0/s1. The summed E-state index contributed by atoms with van der Waals surface area (Å²) in [6, 6.07) is 6.49. The first-order valence-corrected chi connectivity index (χ1v) is 8.57. The molecule has 1 amide bonds. The average molecular weight is 346 g/mol. The summed E-state index contributed by atoms with van der Waals surface area (Å²) in [5, 5.41) is 7.05. The van der Waals surface area contributed by atoms with Crippen LogP contribution in [0.15, 0.2) is 30.5 Å². The Labute approximate surface area is 146 Å². The summed E-state index contributed by atoms with van der Waals surface area (Å²) in [5.41, 5.74) is 0.788. The fraction of sp³-hybridized carbons (Fsp3) is 0.444. The van der Waals surface area contributed by atoms with Gasteiger partial charge in [0.25, 0.3) is 5.91 Å². The van der Waals surface area contributed by atoms with Crippen molar-refractivity contribution in [3.63, 3.8) is 0 Å². The maximum Gasteiger partial charge on any atom is 0.256 e. The van der Waals surface area contributed by atoms with E-state index in [-0.39, 0.29) is 17.5 Å². The van der Waals surface area contributed by atoms with Crippen molar-refractivity contribution >= 4 is 17.4 Å². The van der Waals surface area contributed by atoms with Gasteiger partial charge in [-0.1, -0.05) is 6.92 Å². The largest absolute Gasteiger partial charge is 0.378 e. The van der Waals surface area contributed by atoms with Crippen LogP contribution in [0.4, 0.5) is 15.9 Å². The fourth-order valence-electron chi connectivity index (χ4n) is 2.83. The molecule has 2 aromatic rings. The van der Waals surface area contributed by atoms with Gasteiger partial charge < -0.3 is 15.0 Å². The highest BCUT2D eigenvalue weighted by Crippen LogP contribution is 2.23. The van der Waals surface area contributed by atoms with Crippen molar-refractivity contribution < 1.29 is 13.9 Å². The van der Waals surface area contributed by atoms with Crippen molar-refractivity contribution in [3.8, 4) is 0 Å². The molecule has 0 unspecified atom stereocenters. The van der Waals surface area contributed by atoms with E-state index in [4.69, 9.17) is 4.74 Å². The molecule has 7 heteroatoms. The number of anilines is 2. The van der Waals surface area contributed by atoms with E-state index in [0.29, 0.717) is 37.8 Å². The molecule has 0 saturated carbocycles. The number of nitrogens with zero attached hydrogens (tertiary/aromatic N) is 3. The lowest BCUT2D eigenvalue weighted by Gasteiger charge is -2.29. The first-order chi connectivity index (χ1) is 12.1. The van der Waals surface area contributed by atoms with E-state index in [0.717, 1.165) is 6.42 Å². The second-order valence-corrected chi connectivity index (χ2v) is 6.14. The van der Waals surface area contributed by atoms with Gasteiger partial charge in [-0.05, 0) is 31.5 Å². The first-order valence-electron chi connectivity index (χ1n) is 8.57. The number of hydrogen-bond acceptors (Lipinski definition) is 4. The van der Waals surface area contributed by atoms with E-state index in [2.05, 4.69) is 17.3 Å². The minimum Gasteiger partial charge on any atom is -0.378 e. The first kappa shape index (κ1) is 17.4. The molecule has 0 bridgehead atoms. The van der Waals surface area contributed by atoms with Crippen molar-refractivity contribution in [2.45, 2.75) is 26.3 Å². The topological polar surface area (TPSA) is 59.4 Å². The molecule has 2 heterocycles. The molecule has 0 spiro atoms. The smallest absolute Gasteiger partial charge is 0.256 e. The third-order valence-electron chi connectivity index (χ3n) is 4.48. The van der Waals surface area contributed by atoms with E-state index in [9.17, 15) is 9.18 Å². The zero-order valence-corrected chi connectivity index (χ0v) is 14.5. The molecule has 1 atom stereocenters. The molecule has 1 aromatic carbocycles. The van der Waals surface area contributed by atoms with Crippen molar-refractivity contribution in [3.05, 3.63) is 41.8 Å². The number of aromatic nitrogens is 2. The van der Waals surface area contributed by atoms with Gasteiger partial charge in [0.2, 0.25) is 0 Å². The number of benzene rings is 1. The molecule has 1 aliphatic rings. The van der Waals surface area contributed by atoms with Crippen molar-refractivity contribution in [2.24, 2.45) is 0 Å². The molecule has 1 saturated heterocycles. The number of carbonyl (C=O) groups is 1. The Morgan fingerprint density at radius 2 is 2.12 bits per heavy atom. The third kappa shape index (κ3) is 3.82. The summed E-state index contributed by atoms with van der Waals surface area (Å²) in [6.07, 6.45) is 2.54. The minimum atomic E-state index is -0.398. The van der Waals surface area contributed by atoms with Gasteiger partial charge in [0, 0.05) is 24.7 Å². The molecule has 1 aliphatic heterocycles. The lowest BCUT2D eigenvalue weighted by atomic mass is 10.1. The number of morpholine rings is 1. The Morgan fingerprint density at radius 1 is 1.36 bits per heavy atom. The monoisotopic (exact) mass is 346 g/mol. The quantitative estimate of drug-likeness (QED) is 0.904. The number of carbonyl (C=O) groups excluding carboxylic acids is 1. The van der Waals surface area contributed by atoms with Crippen LogP contribution in [0.3, 0.4) is 0 Å². The third-order valence-corrected chi connectivity index (χ3v) is 4.48. The van der Waals surface area contributed by atoms with Crippen LogP contribution in [0.2, 0.25) is 0 Å². The van der Waals surface area contributed by atoms with Crippen LogP contribution in [0.1, 0.15) is 36.7 Å². The normalized spacial score (nSPS) is 15.9. The summed E-state index contributed by atoms with van der Waals surface area (Å²) in [4.78, 5) is 14.4. The van der Waals surface area contributed by atoms with Gasteiger partial charge in [-0.15, -0.1) is 0 Å². The van der Waals surface area contributed by atoms with Gasteiger partial charge in [-0.3, -0.25) is 4.79 Å². The van der Waals surface area contributed by atoms with Gasteiger partial charge in [-0.25, -0.2) is 9.07 Å². The van der Waals surface area contributed by atoms with Crippen LogP contribution in [0.25, 0.3) is 0 Å². The lowest BCUT2D eigenvalue weighted by Crippen LogP contribution is -2.36. The van der Waals surface area contributed by atoms with Crippen LogP contribution in [-0.2, 0) is 4.74 Å². The Kier molecular flexibility index (Phi) is 5.33. The second-order valence-electron chi connectivity index (χ2n) is 6.14. The lowest BCUT2D eigenvalue weighted by molar-refractivity contribution is 0.102. The van der Waals surface area contributed by atoms with Crippen LogP contribution in [0, 0.1) is 5.82 Å². The molecule has 1 fully saturated rings. The molecule has 3 rings (SSSR count). The highest BCUT2D eigenvalue weighted by atomic mass is 19.1. The van der Waals surface area contributed by atoms with E-state index in [1.54, 1.807) is 29.1 Å². The SMILES string of the molecule is CC[C@H](C)n1nccc1NC(=O)c1ccc(N2CCOCC2)c(F)c1. The predicted molar refractivity (Wildman–Crippen MR) is 94.6 cm³/mol. The Morgan fingerprint density at radius 3 is 2.80 bits per heavy atom. The molecular formula is C18H23FN4O2. The van der Waals surface area contributed by atoms with Crippen molar-refractivity contribution in [1.82, 2.24) is 9.78 Å². The zero-order chi connectivity index (χ0) is 17.8. The van der Waals surface area contributed by atoms with Crippen molar-refractivity contribution in [2.75, 3.05) is 36.5 Å². The van der Waals surface area contributed by atoms with Crippen LogP contribution in [0.5, 0.6) is 0 Å². The van der Waals surface area contributed by atoms with E-state index in [1.807, 2.05) is 11.8 Å². The highest BCUT2D eigenvalue weighted by molar-refractivity contribution is 6.04. The minimum absolute atomic E-state index is 0.172. The number of ether oxygens (including phenoxy) is 1. The van der Waals surface area contributed by atoms with Crippen molar-refractivity contribution in [1.29, 1.82) is 0 Å². The summed E-state index contributed by atoms with van der Waals surface area (Å²) in [7, 11) is 0. The Hall–Kier alpha value is -2.41. The van der Waals surface area contributed by atoms with Gasteiger partial charge >= 0.3 is 0 Å². The highest BCUT2D eigenvalue weighted by Gasteiger charge is 2.18. The number of amides is 1. The number of rotatable bonds is 5. The van der Waals surface area contributed by atoms with Crippen LogP contribution < -0.4 is 10.2 Å². The molecule has 25 heavy (non-hydrogen) atoms. The molecule has 1 aromatic heterocycles. The number of halogens is 1. The fourth-order valence-corrected chi connectivity index (χ4v) is 2.83.